The zero-order valence-corrected chi connectivity index (χ0v) is 19.0. The molecule has 0 aliphatic heterocycles. The summed E-state index contributed by atoms with van der Waals surface area (Å²) >= 11 is 0. The standard InChI is InChI=1S/2C11H12O3.Zr/c2*1-2-14-11(13)8-10(12)9-6-4-3-5-7-9;/h2*3-7H,2,8H2,1H3;. The quantitative estimate of drug-likeness (QED) is 0.329. The van der Waals surface area contributed by atoms with Gasteiger partial charge < -0.3 is 9.47 Å². The molecule has 0 aliphatic rings. The molecule has 2 aromatic carbocycles. The van der Waals surface area contributed by atoms with Crippen molar-refractivity contribution in [1.29, 1.82) is 0 Å². The number of benzene rings is 2. The van der Waals surface area contributed by atoms with Crippen molar-refractivity contribution in [2.24, 2.45) is 0 Å². The van der Waals surface area contributed by atoms with Crippen molar-refractivity contribution in [3.63, 3.8) is 0 Å². The van der Waals surface area contributed by atoms with Crippen molar-refractivity contribution < 1.29 is 54.9 Å². The second-order valence-corrected chi connectivity index (χ2v) is 5.54. The van der Waals surface area contributed by atoms with Crippen LogP contribution in [-0.4, -0.2) is 36.7 Å². The Bertz CT molecular complexity index is 707. The third-order valence-electron chi connectivity index (χ3n) is 3.41. The van der Waals surface area contributed by atoms with E-state index in [1.807, 2.05) is 12.1 Å². The predicted octanol–water partition coefficient (Wildman–Crippen LogP) is 3.64. The van der Waals surface area contributed by atoms with Gasteiger partial charge in [0, 0.05) is 37.3 Å². The van der Waals surface area contributed by atoms with Gasteiger partial charge in [0.2, 0.25) is 0 Å². The van der Waals surface area contributed by atoms with Gasteiger partial charge in [0.25, 0.3) is 0 Å². The number of Topliss-reactive ketones (excluding diaryl/α,β-unsaturated/α-hetero) is 2. The number of carbonyl (C=O) groups is 4. The first-order valence-corrected chi connectivity index (χ1v) is 8.95. The van der Waals surface area contributed by atoms with Crippen LogP contribution in [0.3, 0.4) is 0 Å². The van der Waals surface area contributed by atoms with E-state index in [-0.39, 0.29) is 50.6 Å². The molecule has 0 aliphatic carbocycles. The van der Waals surface area contributed by atoms with Gasteiger partial charge in [0.1, 0.15) is 12.8 Å². The normalized spacial score (nSPS) is 9.17. The fourth-order valence-electron chi connectivity index (χ4n) is 2.14. The molecule has 7 heteroatoms. The van der Waals surface area contributed by atoms with Crippen molar-refractivity contribution in [2.75, 3.05) is 13.2 Å². The van der Waals surface area contributed by atoms with E-state index in [0.717, 1.165) is 0 Å². The largest absolute Gasteiger partial charge is 0.466 e. The molecule has 0 spiro atoms. The third-order valence-corrected chi connectivity index (χ3v) is 3.41. The smallest absolute Gasteiger partial charge is 0.313 e. The predicted molar refractivity (Wildman–Crippen MR) is 104 cm³/mol. The van der Waals surface area contributed by atoms with Crippen LogP contribution >= 0.6 is 0 Å². The van der Waals surface area contributed by atoms with E-state index in [1.165, 1.54) is 0 Å². The minimum absolute atomic E-state index is 0. The van der Waals surface area contributed by atoms with Crippen LogP contribution in [0.2, 0.25) is 0 Å². The van der Waals surface area contributed by atoms with Crippen LogP contribution in [0, 0.1) is 0 Å². The molecule has 0 radical (unpaired) electrons. The van der Waals surface area contributed by atoms with Crippen LogP contribution in [0.15, 0.2) is 60.7 Å². The molecule has 2 aromatic rings. The number of ketones is 2. The number of rotatable bonds is 8. The van der Waals surface area contributed by atoms with E-state index in [1.54, 1.807) is 62.4 Å². The number of carbonyl (C=O) groups excluding carboxylic acids is 4. The maximum Gasteiger partial charge on any atom is 0.313 e. The van der Waals surface area contributed by atoms with E-state index in [9.17, 15) is 19.2 Å². The van der Waals surface area contributed by atoms with Gasteiger partial charge in [-0.2, -0.15) is 0 Å². The molecule has 0 saturated carbocycles. The Morgan fingerprint density at radius 2 is 0.931 bits per heavy atom. The van der Waals surface area contributed by atoms with Gasteiger partial charge in [0.05, 0.1) is 13.2 Å². The average Bonchev–Trinajstić information content (AvgIpc) is 2.70. The van der Waals surface area contributed by atoms with E-state index in [2.05, 4.69) is 9.47 Å². The van der Waals surface area contributed by atoms with Gasteiger partial charge in [0.15, 0.2) is 11.6 Å². The maximum absolute atomic E-state index is 11.4. The Morgan fingerprint density at radius 1 is 0.621 bits per heavy atom. The van der Waals surface area contributed by atoms with Gasteiger partial charge in [-0.3, -0.25) is 19.2 Å². The van der Waals surface area contributed by atoms with Gasteiger partial charge in [-0.1, -0.05) is 60.7 Å². The molecule has 0 atom stereocenters. The van der Waals surface area contributed by atoms with Crippen molar-refractivity contribution in [1.82, 2.24) is 0 Å². The van der Waals surface area contributed by atoms with E-state index >= 15 is 0 Å². The molecule has 0 N–H and O–H groups in total. The van der Waals surface area contributed by atoms with Crippen LogP contribution in [0.4, 0.5) is 0 Å². The Morgan fingerprint density at radius 3 is 1.21 bits per heavy atom. The minimum atomic E-state index is -0.471. The Balaban J connectivity index is 0.000000523. The Hall–Kier alpha value is -2.40. The molecule has 0 unspecified atom stereocenters. The number of esters is 2. The molecule has 0 fully saturated rings. The molecular formula is C22H24O6Zr. The number of hydrogen-bond acceptors (Lipinski definition) is 6. The number of hydrogen-bond donors (Lipinski definition) is 0. The molecule has 0 aromatic heterocycles. The van der Waals surface area contributed by atoms with Crippen LogP contribution < -0.4 is 0 Å². The van der Waals surface area contributed by atoms with Crippen LogP contribution in [0.25, 0.3) is 0 Å². The molecule has 29 heavy (non-hydrogen) atoms. The van der Waals surface area contributed by atoms with Crippen molar-refractivity contribution in [3.05, 3.63) is 71.8 Å². The summed E-state index contributed by atoms with van der Waals surface area (Å²) < 4.78 is 9.35. The first-order valence-electron chi connectivity index (χ1n) is 8.95. The number of ether oxygens (including phenoxy) is 2. The summed E-state index contributed by atoms with van der Waals surface area (Å²) in [6, 6.07) is 17.4. The van der Waals surface area contributed by atoms with Crippen molar-refractivity contribution >= 4 is 23.5 Å². The molecule has 6 nitrogen and oxygen atoms in total. The SMILES string of the molecule is CCOC(=O)CC(=O)c1ccccc1.CCOC(=O)CC(=O)c1ccccc1.[Zr]. The third kappa shape index (κ3) is 11.3. The van der Waals surface area contributed by atoms with Crippen molar-refractivity contribution in [3.8, 4) is 0 Å². The van der Waals surface area contributed by atoms with Gasteiger partial charge in [-0.05, 0) is 13.8 Å². The van der Waals surface area contributed by atoms with Crippen LogP contribution in [0.5, 0.6) is 0 Å². The second-order valence-electron chi connectivity index (χ2n) is 5.54. The van der Waals surface area contributed by atoms with Gasteiger partial charge >= 0.3 is 11.9 Å². The van der Waals surface area contributed by atoms with Crippen LogP contribution in [-0.2, 0) is 45.3 Å². The van der Waals surface area contributed by atoms with Gasteiger partial charge in [-0.15, -0.1) is 0 Å². The monoisotopic (exact) mass is 474 g/mol. The van der Waals surface area contributed by atoms with Crippen LogP contribution in [0.1, 0.15) is 47.4 Å². The zero-order valence-electron chi connectivity index (χ0n) is 16.6. The summed E-state index contributed by atoms with van der Waals surface area (Å²) in [5.41, 5.74) is 1.08. The molecule has 0 heterocycles. The average molecular weight is 476 g/mol. The Kier molecular flexibility index (Phi) is 14.2. The summed E-state index contributed by atoms with van der Waals surface area (Å²) in [6.07, 6.45) is -0.365. The topological polar surface area (TPSA) is 86.7 Å². The molecular weight excluding hydrogens is 451 g/mol. The summed E-state index contributed by atoms with van der Waals surface area (Å²) in [5.74, 6) is -1.35. The Labute approximate surface area is 189 Å². The summed E-state index contributed by atoms with van der Waals surface area (Å²) in [6.45, 7) is 4.04. The minimum Gasteiger partial charge on any atom is -0.466 e. The second kappa shape index (κ2) is 15.5. The van der Waals surface area contributed by atoms with Gasteiger partial charge in [-0.25, -0.2) is 0 Å². The zero-order chi connectivity index (χ0) is 20.8. The molecule has 152 valence electrons. The molecule has 2 rings (SSSR count). The summed E-state index contributed by atoms with van der Waals surface area (Å²) in [7, 11) is 0. The summed E-state index contributed by atoms with van der Waals surface area (Å²) in [5, 5.41) is 0. The van der Waals surface area contributed by atoms with E-state index in [0.29, 0.717) is 24.3 Å². The van der Waals surface area contributed by atoms with E-state index in [4.69, 9.17) is 0 Å². The fraction of sp³-hybridized carbons (Fsp3) is 0.273. The van der Waals surface area contributed by atoms with Crippen molar-refractivity contribution in [2.45, 2.75) is 26.7 Å². The first kappa shape index (κ1) is 26.6. The first-order chi connectivity index (χ1) is 13.5. The maximum atomic E-state index is 11.4. The summed E-state index contributed by atoms with van der Waals surface area (Å²) in [4.78, 5) is 44.8. The molecule has 0 amide bonds. The molecule has 0 bridgehead atoms. The van der Waals surface area contributed by atoms with E-state index < -0.39 is 11.9 Å². The fourth-order valence-corrected chi connectivity index (χ4v) is 2.14. The molecule has 0 saturated heterocycles.